The summed E-state index contributed by atoms with van der Waals surface area (Å²) in [6.07, 6.45) is 8.23. The van der Waals surface area contributed by atoms with Gasteiger partial charge in [0.15, 0.2) is 0 Å². The van der Waals surface area contributed by atoms with Crippen LogP contribution >= 0.6 is 0 Å². The molecule has 0 aliphatic heterocycles. The summed E-state index contributed by atoms with van der Waals surface area (Å²) in [5.74, 6) is 0.611. The van der Waals surface area contributed by atoms with Crippen molar-refractivity contribution in [1.29, 1.82) is 0 Å². The fourth-order valence-electron chi connectivity index (χ4n) is 3.19. The predicted octanol–water partition coefficient (Wildman–Crippen LogP) is 2.28. The number of imidazole rings is 1. The summed E-state index contributed by atoms with van der Waals surface area (Å²) in [5.41, 5.74) is 3.44. The number of aryl methyl sites for hydroxylation is 1. The molecule has 0 radical (unpaired) electrons. The molecular formula is C16H23N3O. The van der Waals surface area contributed by atoms with Crippen molar-refractivity contribution in [3.63, 3.8) is 0 Å². The van der Waals surface area contributed by atoms with E-state index >= 15 is 0 Å². The molecule has 0 spiro atoms. The topological polar surface area (TPSA) is 49.6 Å². The number of nitrogens with zero attached hydrogens (tertiary/aromatic N) is 2. The van der Waals surface area contributed by atoms with Crippen molar-refractivity contribution in [2.45, 2.75) is 45.3 Å². The summed E-state index contributed by atoms with van der Waals surface area (Å²) in [6, 6.07) is 4.15. The maximum Gasteiger partial charge on any atom is 0.139 e. The first-order valence-electron chi connectivity index (χ1n) is 7.54. The van der Waals surface area contributed by atoms with Gasteiger partial charge in [-0.2, -0.15) is 0 Å². The summed E-state index contributed by atoms with van der Waals surface area (Å²) in [6.45, 7) is 3.90. The van der Waals surface area contributed by atoms with Gasteiger partial charge in [0.05, 0.1) is 18.0 Å². The average molecular weight is 273 g/mol. The first kappa shape index (κ1) is 13.6. The minimum atomic E-state index is -0.0889. The molecule has 2 aromatic heterocycles. The fraction of sp³-hybridized carbons (Fsp3) is 0.562. The molecule has 2 unspecified atom stereocenters. The highest BCUT2D eigenvalue weighted by atomic mass is 16.3. The first-order chi connectivity index (χ1) is 9.74. The highest BCUT2D eigenvalue weighted by Gasteiger charge is 2.19. The third-order valence-electron chi connectivity index (χ3n) is 4.30. The molecular weight excluding hydrogens is 250 g/mol. The smallest absolute Gasteiger partial charge is 0.139 e. The third-order valence-corrected chi connectivity index (χ3v) is 4.30. The monoisotopic (exact) mass is 273 g/mol. The van der Waals surface area contributed by atoms with E-state index in [4.69, 9.17) is 0 Å². The Bertz CT molecular complexity index is 578. The lowest BCUT2D eigenvalue weighted by Gasteiger charge is -2.25. The maximum absolute atomic E-state index is 9.69. The molecule has 0 saturated heterocycles. The van der Waals surface area contributed by atoms with Crippen molar-refractivity contribution in [3.05, 3.63) is 35.8 Å². The van der Waals surface area contributed by atoms with Gasteiger partial charge in [0.25, 0.3) is 0 Å². The molecule has 4 nitrogen and oxygen atoms in total. The average Bonchev–Trinajstić information content (AvgIpc) is 2.84. The Morgan fingerprint density at radius 3 is 3.20 bits per heavy atom. The van der Waals surface area contributed by atoms with E-state index in [0.29, 0.717) is 5.92 Å². The van der Waals surface area contributed by atoms with Gasteiger partial charge in [-0.25, -0.2) is 4.98 Å². The number of nitrogens with one attached hydrogen (secondary N) is 1. The van der Waals surface area contributed by atoms with E-state index in [1.165, 1.54) is 17.7 Å². The van der Waals surface area contributed by atoms with E-state index in [1.54, 1.807) is 0 Å². The van der Waals surface area contributed by atoms with Crippen molar-refractivity contribution in [1.82, 2.24) is 14.7 Å². The van der Waals surface area contributed by atoms with E-state index in [0.717, 1.165) is 38.0 Å². The first-order valence-corrected chi connectivity index (χ1v) is 7.54. The molecule has 0 amide bonds. The standard InChI is InChI=1S/C16H23N3O/c1-12-4-3-7-19-14(11-18-16(12)19)10-17-9-13-5-2-6-15(20)8-13/h3-4,7,11,13,15,17,20H,2,5-6,8-10H2,1H3. The molecule has 2 heterocycles. The molecule has 2 N–H and O–H groups in total. The number of rotatable bonds is 4. The Labute approximate surface area is 119 Å². The Morgan fingerprint density at radius 1 is 1.45 bits per heavy atom. The summed E-state index contributed by atoms with van der Waals surface area (Å²) in [5, 5.41) is 13.2. The highest BCUT2D eigenvalue weighted by molar-refractivity contribution is 5.48. The summed E-state index contributed by atoms with van der Waals surface area (Å²) >= 11 is 0. The van der Waals surface area contributed by atoms with Crippen molar-refractivity contribution in [2.24, 2.45) is 5.92 Å². The number of hydrogen-bond donors (Lipinski definition) is 2. The van der Waals surface area contributed by atoms with Gasteiger partial charge >= 0.3 is 0 Å². The van der Waals surface area contributed by atoms with Gasteiger partial charge < -0.3 is 14.8 Å². The number of pyridine rings is 1. The fourth-order valence-corrected chi connectivity index (χ4v) is 3.19. The Hall–Kier alpha value is -1.39. The van der Waals surface area contributed by atoms with Gasteiger partial charge in [-0.1, -0.05) is 12.5 Å². The molecule has 20 heavy (non-hydrogen) atoms. The number of aliphatic hydroxyl groups is 1. The quantitative estimate of drug-likeness (QED) is 0.898. The maximum atomic E-state index is 9.69. The van der Waals surface area contributed by atoms with Crippen LogP contribution in [0.15, 0.2) is 24.5 Å². The number of fused-ring (bicyclic) bond motifs is 1. The van der Waals surface area contributed by atoms with Crippen LogP contribution in [0.1, 0.15) is 36.9 Å². The lowest BCUT2D eigenvalue weighted by Crippen LogP contribution is -2.29. The van der Waals surface area contributed by atoms with Gasteiger partial charge in [0.1, 0.15) is 5.65 Å². The van der Waals surface area contributed by atoms with Crippen molar-refractivity contribution >= 4 is 5.65 Å². The molecule has 108 valence electrons. The predicted molar refractivity (Wildman–Crippen MR) is 79.6 cm³/mol. The Morgan fingerprint density at radius 2 is 2.35 bits per heavy atom. The molecule has 0 bridgehead atoms. The van der Waals surface area contributed by atoms with Crippen LogP contribution in [-0.4, -0.2) is 27.1 Å². The van der Waals surface area contributed by atoms with E-state index < -0.39 is 0 Å². The normalized spacial score (nSPS) is 23.3. The van der Waals surface area contributed by atoms with Crippen LogP contribution in [0.2, 0.25) is 0 Å². The van der Waals surface area contributed by atoms with Gasteiger partial charge in [0.2, 0.25) is 0 Å². The Balaban J connectivity index is 1.59. The van der Waals surface area contributed by atoms with Crippen LogP contribution < -0.4 is 5.32 Å². The minimum absolute atomic E-state index is 0.0889. The van der Waals surface area contributed by atoms with E-state index in [9.17, 15) is 5.11 Å². The highest BCUT2D eigenvalue weighted by Crippen LogP contribution is 2.23. The Kier molecular flexibility index (Phi) is 4.03. The van der Waals surface area contributed by atoms with Gasteiger partial charge in [-0.05, 0) is 50.3 Å². The number of aromatic nitrogens is 2. The number of hydrogen-bond acceptors (Lipinski definition) is 3. The summed E-state index contributed by atoms with van der Waals surface area (Å²) in [7, 11) is 0. The molecule has 1 aliphatic carbocycles. The van der Waals surface area contributed by atoms with Crippen LogP contribution in [0.25, 0.3) is 5.65 Å². The lowest BCUT2D eigenvalue weighted by molar-refractivity contribution is 0.101. The van der Waals surface area contributed by atoms with E-state index in [1.807, 2.05) is 6.20 Å². The summed E-state index contributed by atoms with van der Waals surface area (Å²) in [4.78, 5) is 4.48. The lowest BCUT2D eigenvalue weighted by atomic mass is 9.87. The number of aliphatic hydroxyl groups excluding tert-OH is 1. The van der Waals surface area contributed by atoms with Crippen LogP contribution in [0.5, 0.6) is 0 Å². The zero-order valence-corrected chi connectivity index (χ0v) is 12.0. The largest absolute Gasteiger partial charge is 0.393 e. The molecule has 1 saturated carbocycles. The summed E-state index contributed by atoms with van der Waals surface area (Å²) < 4.78 is 2.15. The molecule has 1 aliphatic rings. The van der Waals surface area contributed by atoms with Gasteiger partial charge in [0, 0.05) is 12.7 Å². The molecule has 3 rings (SSSR count). The molecule has 2 aromatic rings. The van der Waals surface area contributed by atoms with Crippen molar-refractivity contribution < 1.29 is 5.11 Å². The van der Waals surface area contributed by atoms with Crippen molar-refractivity contribution in [3.8, 4) is 0 Å². The van der Waals surface area contributed by atoms with Crippen LogP contribution in [0, 0.1) is 12.8 Å². The van der Waals surface area contributed by atoms with Gasteiger partial charge in [-0.15, -0.1) is 0 Å². The van der Waals surface area contributed by atoms with E-state index in [2.05, 4.69) is 40.0 Å². The molecule has 4 heteroatoms. The van der Waals surface area contributed by atoms with Gasteiger partial charge in [-0.3, -0.25) is 0 Å². The van der Waals surface area contributed by atoms with Crippen molar-refractivity contribution in [2.75, 3.05) is 6.54 Å². The zero-order chi connectivity index (χ0) is 13.9. The van der Waals surface area contributed by atoms with Crippen LogP contribution in [0.3, 0.4) is 0 Å². The van der Waals surface area contributed by atoms with Crippen LogP contribution in [0.4, 0.5) is 0 Å². The van der Waals surface area contributed by atoms with Crippen LogP contribution in [-0.2, 0) is 6.54 Å². The zero-order valence-electron chi connectivity index (χ0n) is 12.0. The molecule has 2 atom stereocenters. The second-order valence-electron chi connectivity index (χ2n) is 5.95. The van der Waals surface area contributed by atoms with E-state index in [-0.39, 0.29) is 6.10 Å². The second kappa shape index (κ2) is 5.94. The second-order valence-corrected chi connectivity index (χ2v) is 5.95. The molecule has 0 aromatic carbocycles. The third kappa shape index (κ3) is 2.86. The minimum Gasteiger partial charge on any atom is -0.393 e. The molecule has 1 fully saturated rings. The SMILES string of the molecule is Cc1cccn2c(CNCC3CCCC(O)C3)cnc12.